The Kier molecular flexibility index (Phi) is 5.48. The Morgan fingerprint density at radius 3 is 2.53 bits per heavy atom. The van der Waals surface area contributed by atoms with Gasteiger partial charge in [0.1, 0.15) is 5.82 Å². The van der Waals surface area contributed by atoms with Gasteiger partial charge in [0, 0.05) is 48.8 Å². The lowest BCUT2D eigenvalue weighted by molar-refractivity contribution is 0.0918. The van der Waals surface area contributed by atoms with E-state index in [1.54, 1.807) is 48.0 Å². The van der Waals surface area contributed by atoms with Gasteiger partial charge in [0.2, 0.25) is 0 Å². The molecule has 2 heterocycles. The highest BCUT2D eigenvalue weighted by Crippen LogP contribution is 2.37. The molecule has 156 valence electrons. The second kappa shape index (κ2) is 7.94. The van der Waals surface area contributed by atoms with E-state index in [1.807, 2.05) is 0 Å². The zero-order chi connectivity index (χ0) is 21.5. The highest BCUT2D eigenvalue weighted by atomic mass is 35.5. The van der Waals surface area contributed by atoms with Crippen LogP contribution in [0.2, 0.25) is 5.02 Å². The van der Waals surface area contributed by atoms with Crippen molar-refractivity contribution in [1.29, 1.82) is 0 Å². The van der Waals surface area contributed by atoms with Crippen LogP contribution >= 0.6 is 11.6 Å². The molecule has 0 saturated carbocycles. The van der Waals surface area contributed by atoms with Crippen molar-refractivity contribution < 1.29 is 17.6 Å². The topological polar surface area (TPSA) is 72.3 Å². The third kappa shape index (κ3) is 3.90. The van der Waals surface area contributed by atoms with Gasteiger partial charge in [-0.2, -0.15) is 4.31 Å². The highest BCUT2D eigenvalue weighted by Gasteiger charge is 2.44. The predicted octanol–water partition coefficient (Wildman–Crippen LogP) is 3.50. The van der Waals surface area contributed by atoms with Crippen LogP contribution in [0.5, 0.6) is 0 Å². The molecule has 1 aliphatic rings. The van der Waals surface area contributed by atoms with Gasteiger partial charge in [-0.3, -0.25) is 4.79 Å². The summed E-state index contributed by atoms with van der Waals surface area (Å²) in [4.78, 5) is 17.3. The van der Waals surface area contributed by atoms with E-state index in [9.17, 15) is 17.6 Å². The third-order valence-corrected chi connectivity index (χ3v) is 7.27. The summed E-state index contributed by atoms with van der Waals surface area (Å²) in [6.45, 7) is 0.105. The maximum absolute atomic E-state index is 13.4. The number of Topliss-reactive ketones (excluding diaryl/α,β-unsaturated/α-hetero) is 1. The van der Waals surface area contributed by atoms with Gasteiger partial charge in [-0.05, 0) is 29.8 Å². The molecule has 30 heavy (non-hydrogen) atoms. The van der Waals surface area contributed by atoms with Gasteiger partial charge in [0.15, 0.2) is 10.8 Å². The molecule has 9 heteroatoms. The number of hydrogen-bond acceptors (Lipinski definition) is 4. The number of aryl methyl sites for hydroxylation is 1. The second-order valence-corrected chi connectivity index (χ2v) is 9.66. The smallest absolute Gasteiger partial charge is 0.262 e. The second-order valence-electron chi connectivity index (χ2n) is 7.34. The maximum atomic E-state index is 13.4. The van der Waals surface area contributed by atoms with Crippen LogP contribution in [0.4, 0.5) is 4.39 Å². The summed E-state index contributed by atoms with van der Waals surface area (Å²) < 4.78 is 42.4. The number of rotatable bonds is 5. The minimum Gasteiger partial charge on any atom is -0.339 e. The Morgan fingerprint density at radius 1 is 1.17 bits per heavy atom. The number of carbonyl (C=O) groups excluding carboxylic acids is 1. The summed E-state index contributed by atoms with van der Waals surface area (Å²) >= 11 is 6.04. The summed E-state index contributed by atoms with van der Waals surface area (Å²) in [5, 5.41) is 0.355. The van der Waals surface area contributed by atoms with E-state index < -0.39 is 27.7 Å². The molecule has 0 aliphatic carbocycles. The molecular weight excluding hydrogens is 429 g/mol. The van der Waals surface area contributed by atoms with Gasteiger partial charge in [-0.25, -0.2) is 17.8 Å². The van der Waals surface area contributed by atoms with Gasteiger partial charge in [0.25, 0.3) is 10.0 Å². The molecule has 1 saturated heterocycles. The molecule has 0 amide bonds. The van der Waals surface area contributed by atoms with Crippen LogP contribution in [-0.2, 0) is 17.1 Å². The van der Waals surface area contributed by atoms with Crippen molar-refractivity contribution >= 4 is 27.4 Å². The Bertz CT molecular complexity index is 1190. The first kappa shape index (κ1) is 20.7. The summed E-state index contributed by atoms with van der Waals surface area (Å²) in [7, 11) is -2.19. The maximum Gasteiger partial charge on any atom is 0.262 e. The van der Waals surface area contributed by atoms with Crippen LogP contribution in [-0.4, -0.2) is 41.1 Å². The highest BCUT2D eigenvalue weighted by molar-refractivity contribution is 7.89. The molecular formula is C21H19ClFN3O3S. The fourth-order valence-corrected chi connectivity index (χ4v) is 5.44. The van der Waals surface area contributed by atoms with Gasteiger partial charge < -0.3 is 4.57 Å². The van der Waals surface area contributed by atoms with E-state index in [4.69, 9.17) is 11.6 Å². The van der Waals surface area contributed by atoms with Crippen molar-refractivity contribution in [2.75, 3.05) is 13.1 Å². The Morgan fingerprint density at radius 2 is 1.90 bits per heavy atom. The SMILES string of the molecule is Cn1cnc(S(=O)(=O)N2C[C@H](C(=O)c3cccc(Cl)c3)[C@@H](c3ccc(F)cc3)C2)c1. The van der Waals surface area contributed by atoms with E-state index in [-0.39, 0.29) is 23.9 Å². The molecule has 2 aromatic carbocycles. The van der Waals surface area contributed by atoms with Crippen LogP contribution in [0, 0.1) is 11.7 Å². The van der Waals surface area contributed by atoms with Crippen molar-refractivity contribution in [3.8, 4) is 0 Å². The Labute approximate surface area is 179 Å². The quantitative estimate of drug-likeness (QED) is 0.561. The predicted molar refractivity (Wildman–Crippen MR) is 110 cm³/mol. The fourth-order valence-electron chi connectivity index (χ4n) is 3.79. The number of ketones is 1. The van der Waals surface area contributed by atoms with Crippen LogP contribution in [0.1, 0.15) is 21.8 Å². The molecule has 0 N–H and O–H groups in total. The van der Waals surface area contributed by atoms with Crippen molar-refractivity contribution in [3.05, 3.63) is 83.0 Å². The average Bonchev–Trinajstić information content (AvgIpc) is 3.35. The molecule has 0 spiro atoms. The molecule has 0 bridgehead atoms. The van der Waals surface area contributed by atoms with Crippen molar-refractivity contribution in [1.82, 2.24) is 13.9 Å². The first-order chi connectivity index (χ1) is 14.3. The number of aromatic nitrogens is 2. The molecule has 0 unspecified atom stereocenters. The summed E-state index contributed by atoms with van der Waals surface area (Å²) in [5.41, 5.74) is 1.12. The van der Waals surface area contributed by atoms with E-state index in [0.29, 0.717) is 16.1 Å². The number of hydrogen-bond donors (Lipinski definition) is 0. The summed E-state index contributed by atoms with van der Waals surface area (Å²) in [6.07, 6.45) is 2.84. The zero-order valence-corrected chi connectivity index (χ0v) is 17.6. The number of imidazole rings is 1. The monoisotopic (exact) mass is 447 g/mol. The lowest BCUT2D eigenvalue weighted by Gasteiger charge is -2.18. The molecule has 6 nitrogen and oxygen atoms in total. The van der Waals surface area contributed by atoms with Crippen molar-refractivity contribution in [2.24, 2.45) is 13.0 Å². The Hall–Kier alpha value is -2.55. The number of benzene rings is 2. The van der Waals surface area contributed by atoms with Gasteiger partial charge >= 0.3 is 0 Å². The van der Waals surface area contributed by atoms with Crippen LogP contribution in [0.3, 0.4) is 0 Å². The molecule has 4 rings (SSSR count). The first-order valence-corrected chi connectivity index (χ1v) is 11.1. The lowest BCUT2D eigenvalue weighted by atomic mass is 9.84. The van der Waals surface area contributed by atoms with Crippen molar-refractivity contribution in [3.63, 3.8) is 0 Å². The van der Waals surface area contributed by atoms with Gasteiger partial charge in [-0.15, -0.1) is 0 Å². The van der Waals surface area contributed by atoms with E-state index >= 15 is 0 Å². The molecule has 3 aromatic rings. The zero-order valence-electron chi connectivity index (χ0n) is 16.1. The molecule has 1 aliphatic heterocycles. The molecule has 1 aromatic heterocycles. The average molecular weight is 448 g/mol. The van der Waals surface area contributed by atoms with E-state index in [2.05, 4.69) is 4.98 Å². The standard InChI is InChI=1S/C21H19ClFN3O3S/c1-25-12-20(24-13-25)30(28,29)26-10-18(14-5-7-17(23)8-6-14)19(11-26)21(27)15-3-2-4-16(22)9-15/h2-9,12-13,18-19H,10-11H2,1H3/t18-,19+/m1/s1. The minimum atomic E-state index is -3.87. The van der Waals surface area contributed by atoms with Crippen LogP contribution in [0.15, 0.2) is 66.1 Å². The Balaban J connectivity index is 1.72. The van der Waals surface area contributed by atoms with Crippen molar-refractivity contribution in [2.45, 2.75) is 10.9 Å². The van der Waals surface area contributed by atoms with Crippen LogP contribution in [0.25, 0.3) is 0 Å². The number of halogens is 2. The third-order valence-electron chi connectivity index (χ3n) is 5.32. The molecule has 2 atom stereocenters. The number of sulfonamides is 1. The normalized spacial score (nSPS) is 19.8. The number of carbonyl (C=O) groups is 1. The van der Waals surface area contributed by atoms with Crippen LogP contribution < -0.4 is 0 Å². The lowest BCUT2D eigenvalue weighted by Crippen LogP contribution is -2.30. The van der Waals surface area contributed by atoms with E-state index in [0.717, 1.165) is 0 Å². The minimum absolute atomic E-state index is 0.00625. The van der Waals surface area contributed by atoms with Gasteiger partial charge in [0.05, 0.1) is 6.33 Å². The molecule has 1 fully saturated rings. The summed E-state index contributed by atoms with van der Waals surface area (Å²) in [5.74, 6) is -1.65. The largest absolute Gasteiger partial charge is 0.339 e. The summed E-state index contributed by atoms with van der Waals surface area (Å²) in [6, 6.07) is 12.4. The first-order valence-electron chi connectivity index (χ1n) is 9.29. The fraction of sp³-hybridized carbons (Fsp3) is 0.238. The van der Waals surface area contributed by atoms with E-state index in [1.165, 1.54) is 29.0 Å². The van der Waals surface area contributed by atoms with Gasteiger partial charge in [-0.1, -0.05) is 35.9 Å². The number of nitrogens with zero attached hydrogens (tertiary/aromatic N) is 3. The molecule has 0 radical (unpaired) electrons.